The molecular formula is C25H31BO7S. The number of aliphatic hydroxyl groups excluding tert-OH is 1. The van der Waals surface area contributed by atoms with Crippen molar-refractivity contribution in [2.75, 3.05) is 12.4 Å². The number of allylic oxidation sites excluding steroid dienone is 1. The topological polar surface area (TPSA) is 106 Å². The molecule has 2 aromatic rings. The van der Waals surface area contributed by atoms with Gasteiger partial charge in [-0.15, -0.1) is 0 Å². The van der Waals surface area contributed by atoms with E-state index in [-0.39, 0.29) is 25.3 Å². The van der Waals surface area contributed by atoms with Crippen molar-refractivity contribution in [1.82, 2.24) is 0 Å². The molecule has 2 aliphatic rings. The average Bonchev–Trinajstić information content (AvgIpc) is 3.38. The molecule has 0 radical (unpaired) electrons. The van der Waals surface area contributed by atoms with Gasteiger partial charge in [-0.1, -0.05) is 37.1 Å². The first-order valence-electron chi connectivity index (χ1n) is 11.7. The summed E-state index contributed by atoms with van der Waals surface area (Å²) in [6.07, 6.45) is 4.55. The molecule has 0 aliphatic carbocycles. The Bertz CT molecular complexity index is 1140. The molecule has 4 rings (SSSR count). The van der Waals surface area contributed by atoms with Gasteiger partial charge in [-0.3, -0.25) is 0 Å². The number of furan rings is 1. The van der Waals surface area contributed by atoms with E-state index in [1.807, 2.05) is 42.5 Å². The Hall–Kier alpha value is -2.33. The summed E-state index contributed by atoms with van der Waals surface area (Å²) in [5.41, 5.74) is 2.62. The molecule has 2 atom stereocenters. The lowest BCUT2D eigenvalue weighted by Gasteiger charge is -2.32. The van der Waals surface area contributed by atoms with Crippen LogP contribution in [0.2, 0.25) is 6.32 Å². The van der Waals surface area contributed by atoms with E-state index >= 15 is 0 Å². The number of aliphatic hydroxyl groups is 1. The Balaban J connectivity index is 1.54. The van der Waals surface area contributed by atoms with Crippen molar-refractivity contribution in [3.63, 3.8) is 0 Å². The first-order chi connectivity index (χ1) is 16.4. The van der Waals surface area contributed by atoms with E-state index in [9.17, 15) is 18.5 Å². The monoisotopic (exact) mass is 486 g/mol. The van der Waals surface area contributed by atoms with Crippen molar-refractivity contribution in [3.8, 4) is 5.75 Å². The van der Waals surface area contributed by atoms with Crippen molar-refractivity contribution in [2.24, 2.45) is 0 Å². The standard InChI is InChI=1S/C25H31BO7S/c1-2-6-18(13-21-10-11-22(15-27)32-21)9-12-23-25-19(16-31-20-7-4-3-5-8-20)17-34(29,30)24(25)14-26(28)33-23/h3-5,7-8,10-11,13,23-24,27-28H,2,6,9,12,14-17H2,1H3/b18-13+/t23-,24+/m1/s1. The third-order valence-corrected chi connectivity index (χ3v) is 8.35. The van der Waals surface area contributed by atoms with Gasteiger partial charge in [-0.25, -0.2) is 8.42 Å². The number of rotatable bonds is 10. The second-order valence-electron chi connectivity index (χ2n) is 8.82. The number of hydrogen-bond acceptors (Lipinski definition) is 7. The highest BCUT2D eigenvalue weighted by Crippen LogP contribution is 2.40. The minimum Gasteiger partial charge on any atom is -0.489 e. The lowest BCUT2D eigenvalue weighted by atomic mass is 9.74. The molecule has 0 saturated carbocycles. The van der Waals surface area contributed by atoms with Crippen molar-refractivity contribution >= 4 is 23.0 Å². The van der Waals surface area contributed by atoms with Crippen molar-refractivity contribution < 1.29 is 32.4 Å². The molecule has 34 heavy (non-hydrogen) atoms. The maximum Gasteiger partial charge on any atom is 0.456 e. The van der Waals surface area contributed by atoms with Gasteiger partial charge in [0.1, 0.15) is 30.5 Å². The summed E-state index contributed by atoms with van der Waals surface area (Å²) in [7, 11) is -4.52. The van der Waals surface area contributed by atoms with Crippen molar-refractivity contribution in [1.29, 1.82) is 0 Å². The molecule has 3 heterocycles. The zero-order valence-corrected chi connectivity index (χ0v) is 20.2. The normalized spacial score (nSPS) is 22.2. The fraction of sp³-hybridized carbons (Fsp3) is 0.440. The number of para-hydroxylation sites is 1. The molecular weight excluding hydrogens is 455 g/mol. The van der Waals surface area contributed by atoms with Gasteiger partial charge in [-0.05, 0) is 60.8 Å². The Morgan fingerprint density at radius 2 is 2.00 bits per heavy atom. The molecule has 2 N–H and O–H groups in total. The van der Waals surface area contributed by atoms with E-state index in [1.165, 1.54) is 0 Å². The van der Waals surface area contributed by atoms with Gasteiger partial charge in [-0.2, -0.15) is 0 Å². The maximum absolute atomic E-state index is 12.9. The fourth-order valence-corrected chi connectivity index (χ4v) is 6.86. The highest BCUT2D eigenvalue weighted by molar-refractivity contribution is 7.92. The van der Waals surface area contributed by atoms with Crippen LogP contribution >= 0.6 is 0 Å². The molecule has 1 saturated heterocycles. The molecule has 0 unspecified atom stereocenters. The second-order valence-corrected chi connectivity index (χ2v) is 11.0. The number of ether oxygens (including phenoxy) is 1. The van der Waals surface area contributed by atoms with Crippen molar-refractivity contribution in [3.05, 3.63) is 70.7 Å². The zero-order valence-electron chi connectivity index (χ0n) is 19.4. The smallest absolute Gasteiger partial charge is 0.456 e. The third-order valence-electron chi connectivity index (χ3n) is 6.29. The molecule has 0 bridgehead atoms. The van der Waals surface area contributed by atoms with Crippen LogP contribution in [0.3, 0.4) is 0 Å². The molecule has 1 fully saturated rings. The van der Waals surface area contributed by atoms with Gasteiger partial charge >= 0.3 is 7.12 Å². The van der Waals surface area contributed by atoms with E-state index in [0.29, 0.717) is 30.1 Å². The van der Waals surface area contributed by atoms with Crippen LogP contribution < -0.4 is 4.74 Å². The average molecular weight is 486 g/mol. The second kappa shape index (κ2) is 10.9. The van der Waals surface area contributed by atoms with Crippen LogP contribution in [-0.2, 0) is 21.1 Å². The largest absolute Gasteiger partial charge is 0.489 e. The summed E-state index contributed by atoms with van der Waals surface area (Å²) in [6, 6.07) is 12.9. The summed E-state index contributed by atoms with van der Waals surface area (Å²) in [6.45, 7) is 2.12. The number of fused-ring (bicyclic) bond motifs is 1. The van der Waals surface area contributed by atoms with Crippen LogP contribution in [0, 0.1) is 0 Å². The lowest BCUT2D eigenvalue weighted by Crippen LogP contribution is -2.42. The van der Waals surface area contributed by atoms with E-state index in [0.717, 1.165) is 29.6 Å². The zero-order chi connectivity index (χ0) is 24.1. The van der Waals surface area contributed by atoms with Gasteiger partial charge in [0.05, 0.1) is 17.1 Å². The molecule has 0 spiro atoms. The lowest BCUT2D eigenvalue weighted by molar-refractivity contribution is 0.168. The van der Waals surface area contributed by atoms with E-state index in [1.54, 1.807) is 6.07 Å². The molecule has 9 heteroatoms. The first-order valence-corrected chi connectivity index (χ1v) is 13.4. The molecule has 0 amide bonds. The van der Waals surface area contributed by atoms with Crippen LogP contribution in [0.25, 0.3) is 6.08 Å². The van der Waals surface area contributed by atoms with Gasteiger partial charge in [0.15, 0.2) is 9.84 Å². The summed E-state index contributed by atoms with van der Waals surface area (Å²) >= 11 is 0. The number of sulfone groups is 1. The molecule has 7 nitrogen and oxygen atoms in total. The minimum absolute atomic E-state index is 0.0526. The number of hydrogen-bond donors (Lipinski definition) is 2. The Morgan fingerprint density at radius 3 is 2.71 bits per heavy atom. The van der Waals surface area contributed by atoms with Crippen LogP contribution in [0.5, 0.6) is 5.75 Å². The first kappa shape index (κ1) is 24.8. The van der Waals surface area contributed by atoms with E-state index < -0.39 is 28.3 Å². The quantitative estimate of drug-likeness (QED) is 0.389. The molecule has 2 aliphatic heterocycles. The van der Waals surface area contributed by atoms with Gasteiger partial charge in [0.2, 0.25) is 0 Å². The van der Waals surface area contributed by atoms with Gasteiger partial charge < -0.3 is 23.9 Å². The van der Waals surface area contributed by atoms with Crippen LogP contribution in [0.15, 0.2) is 63.6 Å². The predicted octanol–water partition coefficient (Wildman–Crippen LogP) is 3.79. The molecule has 1 aromatic carbocycles. The van der Waals surface area contributed by atoms with Crippen LogP contribution in [-0.4, -0.2) is 49.4 Å². The van der Waals surface area contributed by atoms with Gasteiger partial charge in [0, 0.05) is 6.32 Å². The Kier molecular flexibility index (Phi) is 7.98. The summed E-state index contributed by atoms with van der Waals surface area (Å²) < 4.78 is 43.2. The predicted molar refractivity (Wildman–Crippen MR) is 131 cm³/mol. The van der Waals surface area contributed by atoms with E-state index in [4.69, 9.17) is 13.8 Å². The summed E-state index contributed by atoms with van der Waals surface area (Å²) in [4.78, 5) is 0. The Labute approximate surface area is 201 Å². The maximum atomic E-state index is 12.9. The highest BCUT2D eigenvalue weighted by Gasteiger charge is 2.48. The SMILES string of the molecule is CCC/C(=C\c1ccc(CO)o1)CC[C@H]1OB(O)C[C@H]2C1=C(COc1ccccc1)CS2(=O)=O. The number of benzene rings is 1. The summed E-state index contributed by atoms with van der Waals surface area (Å²) in [5.74, 6) is 1.79. The fourth-order valence-electron chi connectivity index (χ4n) is 4.76. The van der Waals surface area contributed by atoms with E-state index in [2.05, 4.69) is 6.92 Å². The highest BCUT2D eigenvalue weighted by atomic mass is 32.2. The third kappa shape index (κ3) is 5.83. The van der Waals surface area contributed by atoms with Gasteiger partial charge in [0.25, 0.3) is 0 Å². The van der Waals surface area contributed by atoms with Crippen molar-refractivity contribution in [2.45, 2.75) is 56.9 Å². The molecule has 1 aromatic heterocycles. The Morgan fingerprint density at radius 1 is 1.21 bits per heavy atom. The summed E-state index contributed by atoms with van der Waals surface area (Å²) in [5, 5.41) is 18.8. The molecule has 182 valence electrons. The van der Waals surface area contributed by atoms with Crippen LogP contribution in [0.4, 0.5) is 0 Å². The minimum atomic E-state index is -3.41. The van der Waals surface area contributed by atoms with Crippen LogP contribution in [0.1, 0.15) is 44.1 Å².